The predicted octanol–water partition coefficient (Wildman–Crippen LogP) is 2.42. The molecule has 0 heterocycles. The Kier molecular flexibility index (Phi) is 4.56. The Hall–Kier alpha value is -1.46. The fourth-order valence-electron chi connectivity index (χ4n) is 1.79. The molecule has 116 valence electrons. The monoisotopic (exact) mass is 286 g/mol. The lowest BCUT2D eigenvalue weighted by molar-refractivity contribution is 0.0488. The Morgan fingerprint density at radius 3 is 1.35 bits per heavy atom. The summed E-state index contributed by atoms with van der Waals surface area (Å²) in [5, 5.41) is 5.49. The number of carbonyl (C=O) groups is 2. The van der Waals surface area contributed by atoms with Crippen molar-refractivity contribution in [1.82, 2.24) is 10.6 Å². The minimum Gasteiger partial charge on any atom is -0.444 e. The van der Waals surface area contributed by atoms with Crippen LogP contribution >= 0.6 is 0 Å². The van der Waals surface area contributed by atoms with Gasteiger partial charge in [-0.25, -0.2) is 9.59 Å². The lowest BCUT2D eigenvalue weighted by Gasteiger charge is -2.20. The topological polar surface area (TPSA) is 76.7 Å². The molecule has 0 bridgehead atoms. The van der Waals surface area contributed by atoms with E-state index in [9.17, 15) is 9.59 Å². The van der Waals surface area contributed by atoms with Crippen molar-refractivity contribution in [3.8, 4) is 0 Å². The minimum atomic E-state index is -0.531. The molecule has 1 aliphatic carbocycles. The zero-order valence-corrected chi connectivity index (χ0v) is 13.4. The van der Waals surface area contributed by atoms with Gasteiger partial charge in [-0.1, -0.05) is 6.92 Å². The third kappa shape index (κ3) is 5.67. The molecule has 1 fully saturated rings. The first-order chi connectivity index (χ1) is 8.89. The third-order valence-electron chi connectivity index (χ3n) is 2.75. The maximum absolute atomic E-state index is 11.6. The molecule has 2 N–H and O–H groups in total. The van der Waals surface area contributed by atoms with Crippen LogP contribution in [0.25, 0.3) is 0 Å². The van der Waals surface area contributed by atoms with Crippen molar-refractivity contribution in [2.24, 2.45) is 5.92 Å². The Balaban J connectivity index is 2.38. The smallest absolute Gasteiger partial charge is 0.407 e. The van der Waals surface area contributed by atoms with Crippen molar-refractivity contribution < 1.29 is 19.1 Å². The van der Waals surface area contributed by atoms with E-state index in [4.69, 9.17) is 9.47 Å². The van der Waals surface area contributed by atoms with Gasteiger partial charge in [0.2, 0.25) is 0 Å². The van der Waals surface area contributed by atoms with Crippen LogP contribution in [-0.2, 0) is 9.47 Å². The van der Waals surface area contributed by atoms with E-state index in [1.165, 1.54) is 0 Å². The molecule has 6 heteroatoms. The first-order valence-corrected chi connectivity index (χ1v) is 6.88. The van der Waals surface area contributed by atoms with E-state index in [1.807, 2.05) is 6.92 Å². The molecule has 20 heavy (non-hydrogen) atoms. The van der Waals surface area contributed by atoms with Gasteiger partial charge in [0.05, 0.1) is 12.1 Å². The minimum absolute atomic E-state index is 0.114. The summed E-state index contributed by atoms with van der Waals surface area (Å²) < 4.78 is 10.4. The van der Waals surface area contributed by atoms with E-state index in [0.717, 1.165) is 0 Å². The van der Waals surface area contributed by atoms with E-state index in [0.29, 0.717) is 0 Å². The number of hydrogen-bond acceptors (Lipinski definition) is 4. The number of amides is 2. The van der Waals surface area contributed by atoms with Crippen LogP contribution in [0.1, 0.15) is 48.5 Å². The molecule has 3 atom stereocenters. The molecule has 0 saturated heterocycles. The first kappa shape index (κ1) is 16.6. The second-order valence-corrected chi connectivity index (χ2v) is 7.20. The number of hydrogen-bond donors (Lipinski definition) is 2. The van der Waals surface area contributed by atoms with Crippen LogP contribution in [-0.4, -0.2) is 35.5 Å². The van der Waals surface area contributed by atoms with Crippen molar-refractivity contribution in [1.29, 1.82) is 0 Å². The first-order valence-electron chi connectivity index (χ1n) is 6.88. The van der Waals surface area contributed by atoms with E-state index >= 15 is 0 Å². The summed E-state index contributed by atoms with van der Waals surface area (Å²) in [4.78, 5) is 23.3. The SMILES string of the molecule is CC1[C@@H](NC(=O)OC(C)(C)C)[C@H]1NC(=O)OC(C)(C)C. The highest BCUT2D eigenvalue weighted by molar-refractivity contribution is 5.71. The Morgan fingerprint density at radius 2 is 1.10 bits per heavy atom. The number of carbonyl (C=O) groups excluding carboxylic acids is 2. The maximum atomic E-state index is 11.6. The molecule has 0 aliphatic heterocycles. The molecular weight excluding hydrogens is 260 g/mol. The van der Waals surface area contributed by atoms with Gasteiger partial charge in [-0.3, -0.25) is 0 Å². The molecule has 2 amide bonds. The van der Waals surface area contributed by atoms with Crippen molar-refractivity contribution in [3.05, 3.63) is 0 Å². The molecule has 0 aromatic carbocycles. The van der Waals surface area contributed by atoms with Gasteiger partial charge in [-0.15, -0.1) is 0 Å². The number of rotatable bonds is 2. The number of alkyl carbamates (subject to hydrolysis) is 2. The summed E-state index contributed by atoms with van der Waals surface area (Å²) in [5.74, 6) is 0.162. The molecule has 0 spiro atoms. The van der Waals surface area contributed by atoms with Gasteiger partial charge in [-0.05, 0) is 41.5 Å². The summed E-state index contributed by atoms with van der Waals surface area (Å²) in [7, 11) is 0. The second kappa shape index (κ2) is 5.50. The van der Waals surface area contributed by atoms with E-state index in [2.05, 4.69) is 10.6 Å². The van der Waals surface area contributed by atoms with E-state index < -0.39 is 23.4 Å². The summed E-state index contributed by atoms with van der Waals surface area (Å²) in [6, 6.07) is -0.227. The Labute approximate surface area is 120 Å². The highest BCUT2D eigenvalue weighted by atomic mass is 16.6. The van der Waals surface area contributed by atoms with Gasteiger partial charge < -0.3 is 20.1 Å². The van der Waals surface area contributed by atoms with Gasteiger partial charge in [-0.2, -0.15) is 0 Å². The standard InChI is InChI=1S/C14H26N2O4/c1-8-9(15-11(17)19-13(2,3)4)10(8)16-12(18)20-14(5,6)7/h8-10H,1-7H3,(H,15,17)(H,16,18)/t8?,9-,10+. The van der Waals surface area contributed by atoms with Crippen molar-refractivity contribution in [2.45, 2.75) is 71.8 Å². The van der Waals surface area contributed by atoms with E-state index in [1.54, 1.807) is 41.5 Å². The molecule has 1 unspecified atom stereocenters. The molecule has 1 aliphatic rings. The average molecular weight is 286 g/mol. The van der Waals surface area contributed by atoms with E-state index in [-0.39, 0.29) is 18.0 Å². The van der Waals surface area contributed by atoms with Gasteiger partial charge in [0.25, 0.3) is 0 Å². The quantitative estimate of drug-likeness (QED) is 0.817. The van der Waals surface area contributed by atoms with Crippen LogP contribution in [0.2, 0.25) is 0 Å². The van der Waals surface area contributed by atoms with Crippen LogP contribution in [0.3, 0.4) is 0 Å². The van der Waals surface area contributed by atoms with Crippen molar-refractivity contribution in [3.63, 3.8) is 0 Å². The van der Waals surface area contributed by atoms with Crippen LogP contribution in [0, 0.1) is 5.92 Å². The number of nitrogens with one attached hydrogen (secondary N) is 2. The summed E-state index contributed by atoms with van der Waals surface area (Å²) in [6.07, 6.45) is -0.939. The molecule has 0 aromatic heterocycles. The lowest BCUT2D eigenvalue weighted by Crippen LogP contribution is -2.39. The highest BCUT2D eigenvalue weighted by Crippen LogP contribution is 2.31. The van der Waals surface area contributed by atoms with Crippen LogP contribution in [0.4, 0.5) is 9.59 Å². The summed E-state index contributed by atoms with van der Waals surface area (Å²) in [5.41, 5.74) is -1.06. The normalized spacial score (nSPS) is 25.6. The number of ether oxygens (including phenoxy) is 2. The fourth-order valence-corrected chi connectivity index (χ4v) is 1.79. The average Bonchev–Trinajstić information content (AvgIpc) is 2.70. The highest BCUT2D eigenvalue weighted by Gasteiger charge is 2.49. The van der Waals surface area contributed by atoms with Gasteiger partial charge in [0.15, 0.2) is 0 Å². The molecule has 6 nitrogen and oxygen atoms in total. The van der Waals surface area contributed by atoms with Gasteiger partial charge >= 0.3 is 12.2 Å². The van der Waals surface area contributed by atoms with Gasteiger partial charge in [0, 0.05) is 5.92 Å². The molecule has 1 saturated carbocycles. The van der Waals surface area contributed by atoms with Crippen molar-refractivity contribution in [2.75, 3.05) is 0 Å². The molecule has 0 radical (unpaired) electrons. The van der Waals surface area contributed by atoms with Crippen molar-refractivity contribution >= 4 is 12.2 Å². The Morgan fingerprint density at radius 1 is 0.800 bits per heavy atom. The fraction of sp³-hybridized carbons (Fsp3) is 0.857. The van der Waals surface area contributed by atoms with Crippen LogP contribution in [0.15, 0.2) is 0 Å². The largest absolute Gasteiger partial charge is 0.444 e. The predicted molar refractivity (Wildman–Crippen MR) is 75.5 cm³/mol. The van der Waals surface area contributed by atoms with Crippen LogP contribution < -0.4 is 10.6 Å². The Bertz CT molecular complexity index is 346. The summed E-state index contributed by atoms with van der Waals surface area (Å²) >= 11 is 0. The second-order valence-electron chi connectivity index (χ2n) is 7.20. The molecule has 1 rings (SSSR count). The molecule has 0 aromatic rings. The zero-order chi connectivity index (χ0) is 15.7. The third-order valence-corrected chi connectivity index (χ3v) is 2.75. The molecular formula is C14H26N2O4. The maximum Gasteiger partial charge on any atom is 0.407 e. The lowest BCUT2D eigenvalue weighted by atomic mass is 10.2. The van der Waals surface area contributed by atoms with Gasteiger partial charge in [0.1, 0.15) is 11.2 Å². The summed E-state index contributed by atoms with van der Waals surface area (Å²) in [6.45, 7) is 12.8. The zero-order valence-electron chi connectivity index (χ0n) is 13.4. The van der Waals surface area contributed by atoms with Crippen LogP contribution in [0.5, 0.6) is 0 Å².